The molecule has 4 rings (SSSR count). The van der Waals surface area contributed by atoms with Crippen LogP contribution in [0, 0.1) is 0 Å². The van der Waals surface area contributed by atoms with Gasteiger partial charge < -0.3 is 10.1 Å². The fourth-order valence-electron chi connectivity index (χ4n) is 4.02. The molecule has 1 saturated carbocycles. The van der Waals surface area contributed by atoms with Crippen molar-refractivity contribution in [1.82, 2.24) is 15.1 Å². The number of rotatable bonds is 7. The summed E-state index contributed by atoms with van der Waals surface area (Å²) in [5.74, 6) is 0.971. The zero-order valence-electron chi connectivity index (χ0n) is 16.6. The van der Waals surface area contributed by atoms with Crippen molar-refractivity contribution in [2.75, 3.05) is 7.11 Å². The van der Waals surface area contributed by atoms with Crippen LogP contribution in [-0.4, -0.2) is 22.9 Å². The van der Waals surface area contributed by atoms with Gasteiger partial charge in [-0.1, -0.05) is 43.5 Å². The Hall–Kier alpha value is -2.59. The molecule has 0 unspecified atom stereocenters. The Balaban J connectivity index is 1.41. The molecule has 0 bridgehead atoms. The second-order valence-electron chi connectivity index (χ2n) is 7.66. The van der Waals surface area contributed by atoms with Gasteiger partial charge in [0, 0.05) is 31.4 Å². The second-order valence-corrected chi connectivity index (χ2v) is 7.66. The molecule has 28 heavy (non-hydrogen) atoms. The minimum absolute atomic E-state index is 0.674. The molecule has 0 radical (unpaired) electrons. The van der Waals surface area contributed by atoms with Crippen molar-refractivity contribution < 1.29 is 4.74 Å². The van der Waals surface area contributed by atoms with Gasteiger partial charge in [-0.2, -0.15) is 5.10 Å². The molecule has 2 aromatic carbocycles. The van der Waals surface area contributed by atoms with Crippen molar-refractivity contribution in [1.29, 1.82) is 0 Å². The summed E-state index contributed by atoms with van der Waals surface area (Å²) in [4.78, 5) is 0. The van der Waals surface area contributed by atoms with E-state index < -0.39 is 0 Å². The molecular formula is C24H29N3O. The monoisotopic (exact) mass is 375 g/mol. The molecule has 1 aliphatic carbocycles. The summed E-state index contributed by atoms with van der Waals surface area (Å²) in [7, 11) is 1.76. The lowest BCUT2D eigenvalue weighted by molar-refractivity contribution is 0.371. The molecular weight excluding hydrogens is 346 g/mol. The third-order valence-electron chi connectivity index (χ3n) is 5.65. The molecule has 0 aliphatic heterocycles. The van der Waals surface area contributed by atoms with Crippen molar-refractivity contribution in [3.8, 4) is 11.4 Å². The first-order chi connectivity index (χ1) is 13.8. The maximum atomic E-state index is 5.69. The highest BCUT2D eigenvalue weighted by Crippen LogP contribution is 2.24. The third-order valence-corrected chi connectivity index (χ3v) is 5.65. The summed E-state index contributed by atoms with van der Waals surface area (Å²) in [6.45, 7) is 0.917. The fraction of sp³-hybridized carbons (Fsp3) is 0.375. The average Bonchev–Trinajstić information content (AvgIpc) is 3.29. The summed E-state index contributed by atoms with van der Waals surface area (Å²) in [6.07, 6.45) is 11.3. The van der Waals surface area contributed by atoms with Crippen LogP contribution in [0.4, 0.5) is 0 Å². The van der Waals surface area contributed by atoms with Gasteiger partial charge in [0.05, 0.1) is 12.8 Å². The Morgan fingerprint density at radius 3 is 2.54 bits per heavy atom. The Kier molecular flexibility index (Phi) is 6.07. The molecule has 1 aliphatic rings. The lowest BCUT2D eigenvalue weighted by Gasteiger charge is -2.23. The molecule has 3 aromatic rings. The van der Waals surface area contributed by atoms with Gasteiger partial charge in [0.1, 0.15) is 5.75 Å². The molecule has 0 atom stereocenters. The maximum Gasteiger partial charge on any atom is 0.122 e. The van der Waals surface area contributed by atoms with Crippen molar-refractivity contribution in [2.24, 2.45) is 0 Å². The minimum atomic E-state index is 0.674. The van der Waals surface area contributed by atoms with Gasteiger partial charge in [0.15, 0.2) is 0 Å². The topological polar surface area (TPSA) is 39.1 Å². The minimum Gasteiger partial charge on any atom is -0.496 e. The van der Waals surface area contributed by atoms with E-state index in [9.17, 15) is 0 Å². The first kappa shape index (κ1) is 18.8. The van der Waals surface area contributed by atoms with E-state index in [4.69, 9.17) is 4.74 Å². The van der Waals surface area contributed by atoms with Crippen molar-refractivity contribution in [3.05, 3.63) is 77.6 Å². The zero-order valence-corrected chi connectivity index (χ0v) is 16.6. The van der Waals surface area contributed by atoms with E-state index in [1.54, 1.807) is 13.3 Å². The van der Waals surface area contributed by atoms with Gasteiger partial charge in [-0.3, -0.25) is 0 Å². The first-order valence-corrected chi connectivity index (χ1v) is 10.3. The van der Waals surface area contributed by atoms with Crippen LogP contribution in [0.2, 0.25) is 0 Å². The van der Waals surface area contributed by atoms with Crippen molar-refractivity contribution in [3.63, 3.8) is 0 Å². The normalized spacial score (nSPS) is 14.9. The second kappa shape index (κ2) is 9.07. The summed E-state index contributed by atoms with van der Waals surface area (Å²) >= 11 is 0. The van der Waals surface area contributed by atoms with Crippen LogP contribution in [-0.2, 0) is 13.0 Å². The van der Waals surface area contributed by atoms with Crippen LogP contribution in [0.1, 0.15) is 48.8 Å². The van der Waals surface area contributed by atoms with Gasteiger partial charge in [-0.05, 0) is 53.8 Å². The SMILES string of the molecule is COc1cc(CNC2CCCCC2)ccc1Cc1ccc(-n2cccn2)cc1. The van der Waals surface area contributed by atoms with Crippen LogP contribution in [0.25, 0.3) is 5.69 Å². The summed E-state index contributed by atoms with van der Waals surface area (Å²) in [6, 6.07) is 17.8. The van der Waals surface area contributed by atoms with Gasteiger partial charge >= 0.3 is 0 Å². The third kappa shape index (κ3) is 4.63. The molecule has 1 N–H and O–H groups in total. The number of aromatic nitrogens is 2. The predicted octanol–water partition coefficient (Wildman–Crippen LogP) is 4.89. The Labute approximate surface area is 167 Å². The smallest absolute Gasteiger partial charge is 0.122 e. The van der Waals surface area contributed by atoms with Crippen LogP contribution < -0.4 is 10.1 Å². The van der Waals surface area contributed by atoms with E-state index in [2.05, 4.69) is 52.9 Å². The van der Waals surface area contributed by atoms with Gasteiger partial charge in [-0.15, -0.1) is 0 Å². The summed E-state index contributed by atoms with van der Waals surface area (Å²) in [5.41, 5.74) is 4.85. The molecule has 0 saturated heterocycles. The van der Waals surface area contributed by atoms with E-state index >= 15 is 0 Å². The van der Waals surface area contributed by atoms with E-state index in [1.165, 1.54) is 48.8 Å². The van der Waals surface area contributed by atoms with Gasteiger partial charge in [0.2, 0.25) is 0 Å². The van der Waals surface area contributed by atoms with E-state index in [-0.39, 0.29) is 0 Å². The van der Waals surface area contributed by atoms with E-state index in [0.29, 0.717) is 6.04 Å². The molecule has 0 amide bonds. The van der Waals surface area contributed by atoms with Crippen LogP contribution in [0.15, 0.2) is 60.9 Å². The number of nitrogens with one attached hydrogen (secondary N) is 1. The largest absolute Gasteiger partial charge is 0.496 e. The molecule has 146 valence electrons. The molecule has 1 heterocycles. The summed E-state index contributed by atoms with van der Waals surface area (Å²) < 4.78 is 7.56. The Morgan fingerprint density at radius 1 is 1.04 bits per heavy atom. The number of ether oxygens (including phenoxy) is 1. The molecule has 4 heteroatoms. The molecule has 4 nitrogen and oxygen atoms in total. The maximum absolute atomic E-state index is 5.69. The van der Waals surface area contributed by atoms with E-state index in [0.717, 1.165) is 24.4 Å². The lowest BCUT2D eigenvalue weighted by atomic mass is 9.95. The van der Waals surface area contributed by atoms with Gasteiger partial charge in [-0.25, -0.2) is 4.68 Å². The number of hydrogen-bond donors (Lipinski definition) is 1. The number of methoxy groups -OCH3 is 1. The van der Waals surface area contributed by atoms with Crippen LogP contribution in [0.3, 0.4) is 0 Å². The number of hydrogen-bond acceptors (Lipinski definition) is 3. The highest BCUT2D eigenvalue weighted by atomic mass is 16.5. The Morgan fingerprint density at radius 2 is 1.82 bits per heavy atom. The summed E-state index contributed by atoms with van der Waals surface area (Å²) in [5, 5.41) is 7.99. The van der Waals surface area contributed by atoms with Crippen molar-refractivity contribution >= 4 is 0 Å². The molecule has 0 spiro atoms. The quantitative estimate of drug-likeness (QED) is 0.639. The Bertz CT molecular complexity index is 865. The van der Waals surface area contributed by atoms with Gasteiger partial charge in [0.25, 0.3) is 0 Å². The molecule has 1 aromatic heterocycles. The first-order valence-electron chi connectivity index (χ1n) is 10.3. The highest BCUT2D eigenvalue weighted by molar-refractivity contribution is 5.42. The van der Waals surface area contributed by atoms with Crippen LogP contribution in [0.5, 0.6) is 5.75 Å². The number of benzene rings is 2. The predicted molar refractivity (Wildman–Crippen MR) is 113 cm³/mol. The fourth-order valence-corrected chi connectivity index (χ4v) is 4.02. The van der Waals surface area contributed by atoms with Crippen molar-refractivity contribution in [2.45, 2.75) is 51.1 Å². The van der Waals surface area contributed by atoms with E-state index in [1.807, 2.05) is 16.9 Å². The zero-order chi connectivity index (χ0) is 19.2. The molecule has 1 fully saturated rings. The number of nitrogens with zero attached hydrogens (tertiary/aromatic N) is 2. The lowest BCUT2D eigenvalue weighted by Crippen LogP contribution is -2.30. The van der Waals surface area contributed by atoms with Crippen LogP contribution >= 0.6 is 0 Å². The highest BCUT2D eigenvalue weighted by Gasteiger charge is 2.13. The average molecular weight is 376 g/mol. The standard InChI is InChI=1S/C24H29N3O/c1-28-24-17-20(18-25-22-6-3-2-4-7-22)8-11-21(24)16-19-9-12-23(13-10-19)27-15-5-14-26-27/h5,8-15,17,22,25H,2-4,6-7,16,18H2,1H3.